The van der Waals surface area contributed by atoms with Gasteiger partial charge in [-0.05, 0) is 44.5 Å². The van der Waals surface area contributed by atoms with Crippen LogP contribution in [0.4, 0.5) is 0 Å². The molecule has 2 aromatic heterocycles. The van der Waals surface area contributed by atoms with E-state index in [9.17, 15) is 4.79 Å². The first-order chi connectivity index (χ1) is 15.1. The minimum Gasteiger partial charge on any atom is -0.372 e. The van der Waals surface area contributed by atoms with Crippen LogP contribution in [-0.2, 0) is 11.3 Å². The van der Waals surface area contributed by atoms with E-state index in [2.05, 4.69) is 45.4 Å². The molecule has 5 rings (SSSR count). The molecular weight excluding hydrogens is 390 g/mol. The molecule has 7 nitrogen and oxygen atoms in total. The molecule has 1 aromatic carbocycles. The van der Waals surface area contributed by atoms with Gasteiger partial charge in [-0.3, -0.25) is 14.1 Å². The highest BCUT2D eigenvalue weighted by molar-refractivity contribution is 5.94. The lowest BCUT2D eigenvalue weighted by atomic mass is 10.1. The van der Waals surface area contributed by atoms with E-state index in [1.165, 1.54) is 5.56 Å². The molecule has 2 fully saturated rings. The van der Waals surface area contributed by atoms with Gasteiger partial charge in [0.25, 0.3) is 5.91 Å². The fourth-order valence-corrected chi connectivity index (χ4v) is 4.87. The summed E-state index contributed by atoms with van der Waals surface area (Å²) in [5.41, 5.74) is 2.79. The zero-order valence-electron chi connectivity index (χ0n) is 18.1. The predicted molar refractivity (Wildman–Crippen MR) is 118 cm³/mol. The van der Waals surface area contributed by atoms with Crippen LogP contribution in [-0.4, -0.2) is 68.7 Å². The van der Waals surface area contributed by atoms with Crippen molar-refractivity contribution in [2.24, 2.45) is 0 Å². The SMILES string of the molecule is C[C@@H]1CN(C(=O)c2ccc3nnc([C@H]4CCN(Cc5ccccc5)C4)n3c2)C[C@H](C)O1. The van der Waals surface area contributed by atoms with Crippen molar-refractivity contribution in [2.75, 3.05) is 26.2 Å². The van der Waals surface area contributed by atoms with Crippen molar-refractivity contribution >= 4 is 11.6 Å². The fraction of sp³-hybridized carbons (Fsp3) is 0.458. The average Bonchev–Trinajstić information content (AvgIpc) is 3.39. The van der Waals surface area contributed by atoms with Gasteiger partial charge in [0.1, 0.15) is 5.82 Å². The third-order valence-electron chi connectivity index (χ3n) is 6.27. The lowest BCUT2D eigenvalue weighted by Crippen LogP contribution is -2.48. The fourth-order valence-electron chi connectivity index (χ4n) is 4.87. The highest BCUT2D eigenvalue weighted by atomic mass is 16.5. The number of pyridine rings is 1. The number of ether oxygens (including phenoxy) is 1. The van der Waals surface area contributed by atoms with Gasteiger partial charge in [-0.25, -0.2) is 0 Å². The summed E-state index contributed by atoms with van der Waals surface area (Å²) in [6.45, 7) is 8.20. The molecule has 3 atom stereocenters. The van der Waals surface area contributed by atoms with Crippen molar-refractivity contribution in [3.8, 4) is 0 Å². The first-order valence-electron chi connectivity index (χ1n) is 11.1. The predicted octanol–water partition coefficient (Wildman–Crippen LogP) is 2.97. The summed E-state index contributed by atoms with van der Waals surface area (Å²) in [6.07, 6.45) is 3.06. The molecule has 31 heavy (non-hydrogen) atoms. The molecule has 0 spiro atoms. The smallest absolute Gasteiger partial charge is 0.255 e. The Hall–Kier alpha value is -2.77. The van der Waals surface area contributed by atoms with E-state index in [0.29, 0.717) is 24.6 Å². The molecule has 0 bridgehead atoms. The Kier molecular flexibility index (Phi) is 5.46. The first kappa shape index (κ1) is 20.2. The summed E-state index contributed by atoms with van der Waals surface area (Å²) in [7, 11) is 0. The minimum absolute atomic E-state index is 0.0423. The summed E-state index contributed by atoms with van der Waals surface area (Å²) in [5.74, 6) is 1.30. The molecule has 2 aliphatic rings. The molecule has 0 radical (unpaired) electrons. The molecular formula is C24H29N5O2. The van der Waals surface area contributed by atoms with Crippen LogP contribution in [0.25, 0.3) is 5.65 Å². The number of nitrogens with zero attached hydrogens (tertiary/aromatic N) is 5. The Labute approximate surface area is 182 Å². The number of carbonyl (C=O) groups excluding carboxylic acids is 1. The second-order valence-electron chi connectivity index (χ2n) is 8.88. The molecule has 0 N–H and O–H groups in total. The number of likely N-dealkylation sites (tertiary alicyclic amines) is 1. The highest BCUT2D eigenvalue weighted by Gasteiger charge is 2.29. The van der Waals surface area contributed by atoms with Gasteiger partial charge in [-0.1, -0.05) is 30.3 Å². The van der Waals surface area contributed by atoms with Gasteiger partial charge in [-0.15, -0.1) is 10.2 Å². The Morgan fingerprint density at radius 1 is 1.03 bits per heavy atom. The van der Waals surface area contributed by atoms with Crippen LogP contribution < -0.4 is 0 Å². The molecule has 4 heterocycles. The van der Waals surface area contributed by atoms with Crippen LogP contribution in [0.15, 0.2) is 48.7 Å². The standard InChI is InChI=1S/C24H29N5O2/c1-17-12-28(13-18(2)31-17)24(30)21-8-9-22-25-26-23(29(22)16-21)20-10-11-27(15-20)14-19-6-4-3-5-7-19/h3-9,16-18,20H,10-15H2,1-2H3/t17-,18+,20-/m0/s1. The third-order valence-corrected chi connectivity index (χ3v) is 6.27. The number of carbonyl (C=O) groups is 1. The number of aromatic nitrogens is 3. The number of morpholine rings is 1. The monoisotopic (exact) mass is 419 g/mol. The second-order valence-corrected chi connectivity index (χ2v) is 8.88. The van der Waals surface area contributed by atoms with E-state index in [-0.39, 0.29) is 18.1 Å². The van der Waals surface area contributed by atoms with Gasteiger partial charge in [0.05, 0.1) is 17.8 Å². The zero-order chi connectivity index (χ0) is 21.4. The van der Waals surface area contributed by atoms with Gasteiger partial charge in [0.15, 0.2) is 5.65 Å². The number of benzene rings is 1. The van der Waals surface area contributed by atoms with E-state index in [0.717, 1.165) is 37.5 Å². The van der Waals surface area contributed by atoms with Crippen molar-refractivity contribution in [3.05, 3.63) is 65.6 Å². The Morgan fingerprint density at radius 2 is 1.81 bits per heavy atom. The van der Waals surface area contributed by atoms with E-state index < -0.39 is 0 Å². The molecule has 7 heteroatoms. The van der Waals surface area contributed by atoms with Crippen molar-refractivity contribution in [3.63, 3.8) is 0 Å². The minimum atomic E-state index is 0.0423. The zero-order valence-corrected chi connectivity index (χ0v) is 18.1. The van der Waals surface area contributed by atoms with Gasteiger partial charge in [0.2, 0.25) is 0 Å². The Balaban J connectivity index is 1.34. The second kappa shape index (κ2) is 8.40. The number of hydrogen-bond donors (Lipinski definition) is 0. The van der Waals surface area contributed by atoms with Crippen LogP contribution in [0, 0.1) is 0 Å². The topological polar surface area (TPSA) is 63.0 Å². The number of hydrogen-bond acceptors (Lipinski definition) is 5. The molecule has 0 aliphatic carbocycles. The van der Waals surface area contributed by atoms with E-state index in [4.69, 9.17) is 4.74 Å². The summed E-state index contributed by atoms with van der Waals surface area (Å²) < 4.78 is 7.79. The molecule has 162 valence electrons. The van der Waals surface area contributed by atoms with Crippen molar-refractivity contribution in [1.29, 1.82) is 0 Å². The third kappa shape index (κ3) is 4.20. The molecule has 3 aromatic rings. The normalized spacial score (nSPS) is 24.7. The number of rotatable bonds is 4. The van der Waals surface area contributed by atoms with E-state index in [1.807, 2.05) is 41.5 Å². The molecule has 0 unspecified atom stereocenters. The van der Waals surface area contributed by atoms with Gasteiger partial charge in [-0.2, -0.15) is 0 Å². The average molecular weight is 420 g/mol. The van der Waals surface area contributed by atoms with Crippen LogP contribution in [0.1, 0.15) is 47.9 Å². The first-order valence-corrected chi connectivity index (χ1v) is 11.1. The van der Waals surface area contributed by atoms with Crippen molar-refractivity contribution < 1.29 is 9.53 Å². The summed E-state index contributed by atoms with van der Waals surface area (Å²) in [6, 6.07) is 14.3. The molecule has 2 aliphatic heterocycles. The Bertz CT molecular complexity index is 1060. The lowest BCUT2D eigenvalue weighted by Gasteiger charge is -2.35. The van der Waals surface area contributed by atoms with Gasteiger partial charge < -0.3 is 9.64 Å². The lowest BCUT2D eigenvalue weighted by molar-refractivity contribution is -0.0586. The maximum atomic E-state index is 13.2. The van der Waals surface area contributed by atoms with Crippen LogP contribution >= 0.6 is 0 Å². The largest absolute Gasteiger partial charge is 0.372 e. The van der Waals surface area contributed by atoms with Crippen molar-refractivity contribution in [1.82, 2.24) is 24.4 Å². The van der Waals surface area contributed by atoms with Gasteiger partial charge >= 0.3 is 0 Å². The van der Waals surface area contributed by atoms with Crippen LogP contribution in [0.2, 0.25) is 0 Å². The highest BCUT2D eigenvalue weighted by Crippen LogP contribution is 2.28. The summed E-state index contributed by atoms with van der Waals surface area (Å²) in [4.78, 5) is 17.5. The maximum Gasteiger partial charge on any atom is 0.255 e. The summed E-state index contributed by atoms with van der Waals surface area (Å²) in [5, 5.41) is 8.86. The number of fused-ring (bicyclic) bond motifs is 1. The van der Waals surface area contributed by atoms with Crippen molar-refractivity contribution in [2.45, 2.75) is 44.9 Å². The van der Waals surface area contributed by atoms with E-state index in [1.54, 1.807) is 0 Å². The quantitative estimate of drug-likeness (QED) is 0.651. The maximum absolute atomic E-state index is 13.2. The van der Waals surface area contributed by atoms with Crippen LogP contribution in [0.5, 0.6) is 0 Å². The Morgan fingerprint density at radius 3 is 2.58 bits per heavy atom. The van der Waals surface area contributed by atoms with Crippen LogP contribution in [0.3, 0.4) is 0 Å². The van der Waals surface area contributed by atoms with Gasteiger partial charge in [0, 0.05) is 38.3 Å². The summed E-state index contributed by atoms with van der Waals surface area (Å²) >= 11 is 0. The number of amides is 1. The van der Waals surface area contributed by atoms with E-state index >= 15 is 0 Å². The molecule has 1 amide bonds. The molecule has 0 saturated carbocycles. The molecule has 2 saturated heterocycles.